The second-order valence-electron chi connectivity index (χ2n) is 3.25. The number of halogens is 1. The van der Waals surface area contributed by atoms with E-state index in [1.54, 1.807) is 11.3 Å². The van der Waals surface area contributed by atoms with Crippen LogP contribution in [0.5, 0.6) is 0 Å². The van der Waals surface area contributed by atoms with Crippen molar-refractivity contribution >= 4 is 27.3 Å². The van der Waals surface area contributed by atoms with Crippen molar-refractivity contribution in [2.24, 2.45) is 0 Å². The lowest BCUT2D eigenvalue weighted by Gasteiger charge is -2.06. The van der Waals surface area contributed by atoms with Crippen LogP contribution in [0, 0.1) is 0 Å². The zero-order valence-electron chi connectivity index (χ0n) is 6.96. The molecule has 1 unspecified atom stereocenters. The van der Waals surface area contributed by atoms with Crippen LogP contribution < -0.4 is 0 Å². The van der Waals surface area contributed by atoms with Crippen LogP contribution in [0.2, 0.25) is 0 Å². The number of nitrogens with zero attached hydrogens (tertiary/aromatic N) is 2. The molecule has 4 heteroatoms. The van der Waals surface area contributed by atoms with Gasteiger partial charge in [-0.2, -0.15) is 0 Å². The van der Waals surface area contributed by atoms with E-state index in [0.717, 1.165) is 3.79 Å². The van der Waals surface area contributed by atoms with Crippen LogP contribution in [-0.4, -0.2) is 30.0 Å². The van der Waals surface area contributed by atoms with E-state index < -0.39 is 0 Å². The summed E-state index contributed by atoms with van der Waals surface area (Å²) in [5.41, 5.74) is 0. The zero-order chi connectivity index (χ0) is 8.55. The fourth-order valence-electron chi connectivity index (χ4n) is 1.59. The Balaban J connectivity index is 2.11. The van der Waals surface area contributed by atoms with E-state index in [-0.39, 0.29) is 0 Å². The van der Waals surface area contributed by atoms with Crippen molar-refractivity contribution in [3.05, 3.63) is 15.0 Å². The van der Waals surface area contributed by atoms with Gasteiger partial charge in [0.05, 0.1) is 15.0 Å². The van der Waals surface area contributed by atoms with Gasteiger partial charge in [0.1, 0.15) is 0 Å². The van der Waals surface area contributed by atoms with Gasteiger partial charge in [-0.25, -0.2) is 4.98 Å². The van der Waals surface area contributed by atoms with Gasteiger partial charge in [-0.3, -0.25) is 0 Å². The third kappa shape index (κ3) is 1.70. The molecule has 0 spiro atoms. The third-order valence-corrected chi connectivity index (χ3v) is 3.87. The molecule has 0 aliphatic carbocycles. The molecule has 1 fully saturated rings. The SMILES string of the molecule is CN1CCC(c2ncc(Br)s2)C1. The van der Waals surface area contributed by atoms with Gasteiger partial charge >= 0.3 is 0 Å². The first-order valence-electron chi connectivity index (χ1n) is 4.05. The Labute approximate surface area is 84.7 Å². The molecule has 1 aromatic heterocycles. The average Bonchev–Trinajstić information content (AvgIpc) is 2.58. The first-order valence-corrected chi connectivity index (χ1v) is 5.66. The molecule has 66 valence electrons. The van der Waals surface area contributed by atoms with Gasteiger partial charge in [0.2, 0.25) is 0 Å². The molecule has 0 saturated carbocycles. The minimum atomic E-state index is 0.672. The highest BCUT2D eigenvalue weighted by Crippen LogP contribution is 2.31. The fraction of sp³-hybridized carbons (Fsp3) is 0.625. The van der Waals surface area contributed by atoms with Gasteiger partial charge in [-0.15, -0.1) is 11.3 Å². The van der Waals surface area contributed by atoms with E-state index in [9.17, 15) is 0 Å². The predicted molar refractivity (Wildman–Crippen MR) is 54.7 cm³/mol. The number of thiazole rings is 1. The third-order valence-electron chi connectivity index (χ3n) is 2.24. The molecule has 0 bridgehead atoms. The lowest BCUT2D eigenvalue weighted by molar-refractivity contribution is 0.411. The summed E-state index contributed by atoms with van der Waals surface area (Å²) >= 11 is 5.20. The number of rotatable bonds is 1. The first kappa shape index (κ1) is 8.66. The molecular weight excluding hydrogens is 236 g/mol. The van der Waals surface area contributed by atoms with Crippen molar-refractivity contribution in [2.45, 2.75) is 12.3 Å². The van der Waals surface area contributed by atoms with Gasteiger partial charge in [0, 0.05) is 12.5 Å². The molecule has 2 nitrogen and oxygen atoms in total. The van der Waals surface area contributed by atoms with Crippen LogP contribution in [0.25, 0.3) is 0 Å². The highest BCUT2D eigenvalue weighted by Gasteiger charge is 2.23. The van der Waals surface area contributed by atoms with E-state index in [4.69, 9.17) is 0 Å². The minimum absolute atomic E-state index is 0.672. The maximum absolute atomic E-state index is 4.38. The zero-order valence-corrected chi connectivity index (χ0v) is 9.36. The van der Waals surface area contributed by atoms with Crippen molar-refractivity contribution in [1.82, 2.24) is 9.88 Å². The van der Waals surface area contributed by atoms with Gasteiger partial charge in [-0.05, 0) is 35.9 Å². The Morgan fingerprint density at radius 2 is 2.58 bits per heavy atom. The monoisotopic (exact) mass is 246 g/mol. The molecule has 1 aliphatic rings. The molecular formula is C8H11BrN2S. The summed E-state index contributed by atoms with van der Waals surface area (Å²) in [4.78, 5) is 6.74. The van der Waals surface area contributed by atoms with Gasteiger partial charge < -0.3 is 4.90 Å². The maximum atomic E-state index is 4.38. The van der Waals surface area contributed by atoms with Gasteiger partial charge in [0.15, 0.2) is 0 Å². The van der Waals surface area contributed by atoms with Crippen molar-refractivity contribution < 1.29 is 0 Å². The highest BCUT2D eigenvalue weighted by atomic mass is 79.9. The van der Waals surface area contributed by atoms with E-state index in [0.29, 0.717) is 5.92 Å². The van der Waals surface area contributed by atoms with Crippen LogP contribution in [0.4, 0.5) is 0 Å². The topological polar surface area (TPSA) is 16.1 Å². The molecule has 0 aromatic carbocycles. The minimum Gasteiger partial charge on any atom is -0.306 e. The quantitative estimate of drug-likeness (QED) is 0.757. The molecule has 1 saturated heterocycles. The number of hydrogen-bond donors (Lipinski definition) is 0. The van der Waals surface area contributed by atoms with Crippen molar-refractivity contribution in [3.8, 4) is 0 Å². The van der Waals surface area contributed by atoms with E-state index in [1.807, 2.05) is 6.20 Å². The standard InChI is InChI=1S/C8H11BrN2S/c1-11-3-2-6(5-11)8-10-4-7(9)12-8/h4,6H,2-3,5H2,1H3. The van der Waals surface area contributed by atoms with E-state index in [2.05, 4.69) is 32.9 Å². The van der Waals surface area contributed by atoms with Gasteiger partial charge in [0.25, 0.3) is 0 Å². The first-order chi connectivity index (χ1) is 5.75. The molecule has 1 aromatic rings. The number of aromatic nitrogens is 1. The molecule has 0 amide bonds. The Bertz CT molecular complexity index is 274. The largest absolute Gasteiger partial charge is 0.306 e. The summed E-state index contributed by atoms with van der Waals surface area (Å²) in [5.74, 6) is 0.672. The second-order valence-corrected chi connectivity index (χ2v) is 5.69. The lowest BCUT2D eigenvalue weighted by atomic mass is 10.1. The van der Waals surface area contributed by atoms with Crippen LogP contribution in [0.3, 0.4) is 0 Å². The van der Waals surface area contributed by atoms with Crippen LogP contribution in [-0.2, 0) is 0 Å². The summed E-state index contributed by atoms with van der Waals surface area (Å²) in [6.07, 6.45) is 3.16. The summed E-state index contributed by atoms with van der Waals surface area (Å²) < 4.78 is 1.15. The Morgan fingerprint density at radius 1 is 1.75 bits per heavy atom. The van der Waals surface area contributed by atoms with Crippen LogP contribution in [0.15, 0.2) is 9.98 Å². The average molecular weight is 247 g/mol. The van der Waals surface area contributed by atoms with Crippen molar-refractivity contribution in [2.75, 3.05) is 20.1 Å². The van der Waals surface area contributed by atoms with Crippen LogP contribution in [0.1, 0.15) is 17.3 Å². The molecule has 0 N–H and O–H groups in total. The summed E-state index contributed by atoms with van der Waals surface area (Å²) in [6, 6.07) is 0. The Morgan fingerprint density at radius 3 is 3.08 bits per heavy atom. The highest BCUT2D eigenvalue weighted by molar-refractivity contribution is 9.11. The maximum Gasteiger partial charge on any atom is 0.0980 e. The molecule has 1 atom stereocenters. The summed E-state index contributed by atoms with van der Waals surface area (Å²) in [7, 11) is 2.17. The normalized spacial score (nSPS) is 25.0. The molecule has 2 rings (SSSR count). The molecule has 1 aliphatic heterocycles. The van der Waals surface area contributed by atoms with E-state index >= 15 is 0 Å². The van der Waals surface area contributed by atoms with Crippen molar-refractivity contribution in [1.29, 1.82) is 0 Å². The number of likely N-dealkylation sites (N-methyl/N-ethyl adjacent to an activating group) is 1. The number of hydrogen-bond acceptors (Lipinski definition) is 3. The number of likely N-dealkylation sites (tertiary alicyclic amines) is 1. The summed E-state index contributed by atoms with van der Waals surface area (Å²) in [6.45, 7) is 2.38. The molecule has 2 heterocycles. The van der Waals surface area contributed by atoms with Crippen molar-refractivity contribution in [3.63, 3.8) is 0 Å². The van der Waals surface area contributed by atoms with Crippen LogP contribution >= 0.6 is 27.3 Å². The molecule has 0 radical (unpaired) electrons. The second kappa shape index (κ2) is 3.44. The van der Waals surface area contributed by atoms with E-state index in [1.165, 1.54) is 24.5 Å². The Hall–Kier alpha value is 0.0700. The summed E-state index contributed by atoms with van der Waals surface area (Å²) in [5, 5.41) is 1.28. The Kier molecular flexibility index (Phi) is 2.48. The smallest absolute Gasteiger partial charge is 0.0980 e. The molecule has 12 heavy (non-hydrogen) atoms. The fourth-order valence-corrected chi connectivity index (χ4v) is 2.96. The lowest BCUT2D eigenvalue weighted by Crippen LogP contribution is -2.13. The van der Waals surface area contributed by atoms with Gasteiger partial charge in [-0.1, -0.05) is 0 Å². The predicted octanol–water partition coefficient (Wildman–Crippen LogP) is 2.32.